The van der Waals surface area contributed by atoms with Crippen LogP contribution < -0.4 is 0 Å². The summed E-state index contributed by atoms with van der Waals surface area (Å²) in [5, 5.41) is 9.00. The molecule has 1 N–H and O–H groups in total. The molecule has 2 fully saturated rings. The minimum Gasteiger partial charge on any atom is -0.480 e. The average Bonchev–Trinajstić information content (AvgIpc) is 2.39. The van der Waals surface area contributed by atoms with Crippen molar-refractivity contribution >= 4 is 5.97 Å². The van der Waals surface area contributed by atoms with E-state index in [1.807, 2.05) is 0 Å². The molecule has 2 rings (SSSR count). The van der Waals surface area contributed by atoms with Crippen LogP contribution in [0.15, 0.2) is 0 Å². The van der Waals surface area contributed by atoms with Crippen LogP contribution in [0.2, 0.25) is 0 Å². The Balaban J connectivity index is 1.79. The van der Waals surface area contributed by atoms with Crippen molar-refractivity contribution in [2.75, 3.05) is 26.2 Å². The summed E-state index contributed by atoms with van der Waals surface area (Å²) in [4.78, 5) is 15.6. The van der Waals surface area contributed by atoms with Crippen molar-refractivity contribution in [1.29, 1.82) is 0 Å². The van der Waals surface area contributed by atoms with E-state index in [1.54, 1.807) is 6.92 Å². The second kappa shape index (κ2) is 5.83. The van der Waals surface area contributed by atoms with Crippen LogP contribution >= 0.6 is 0 Å². The van der Waals surface area contributed by atoms with Gasteiger partial charge in [0.15, 0.2) is 0 Å². The first-order valence-electron chi connectivity index (χ1n) is 6.89. The van der Waals surface area contributed by atoms with Gasteiger partial charge in [0.2, 0.25) is 0 Å². The minimum atomic E-state index is -0.693. The van der Waals surface area contributed by atoms with Gasteiger partial charge in [-0.3, -0.25) is 9.69 Å². The number of carbonyl (C=O) groups is 1. The lowest BCUT2D eigenvalue weighted by atomic mass is 9.99. The predicted octanol–water partition coefficient (Wildman–Crippen LogP) is 1.41. The molecule has 2 saturated heterocycles. The quantitative estimate of drug-likeness (QED) is 0.810. The van der Waals surface area contributed by atoms with Gasteiger partial charge in [-0.25, -0.2) is 0 Å². The lowest BCUT2D eigenvalue weighted by Crippen LogP contribution is -2.50. The first-order valence-corrected chi connectivity index (χ1v) is 6.89. The maximum atomic E-state index is 10.9. The topological polar surface area (TPSA) is 43.8 Å². The highest BCUT2D eigenvalue weighted by atomic mass is 16.4. The van der Waals surface area contributed by atoms with Gasteiger partial charge in [-0.05, 0) is 45.7 Å². The van der Waals surface area contributed by atoms with Crippen molar-refractivity contribution in [3.63, 3.8) is 0 Å². The summed E-state index contributed by atoms with van der Waals surface area (Å²) in [5.74, 6) is -0.693. The number of hydrogen-bond donors (Lipinski definition) is 1. The number of aliphatic carboxylic acids is 1. The molecule has 0 unspecified atom stereocenters. The van der Waals surface area contributed by atoms with Crippen molar-refractivity contribution in [1.82, 2.24) is 9.80 Å². The summed E-state index contributed by atoms with van der Waals surface area (Å²) in [6, 6.07) is 0.379. The summed E-state index contributed by atoms with van der Waals surface area (Å²) in [6.45, 7) is 6.17. The fourth-order valence-electron chi connectivity index (χ4n) is 3.08. The molecule has 2 aliphatic rings. The number of hydrogen-bond acceptors (Lipinski definition) is 3. The van der Waals surface area contributed by atoms with Gasteiger partial charge in [0, 0.05) is 19.1 Å². The van der Waals surface area contributed by atoms with Crippen LogP contribution in [-0.4, -0.2) is 59.1 Å². The third kappa shape index (κ3) is 3.19. The molecule has 4 heteroatoms. The Morgan fingerprint density at radius 2 is 1.71 bits per heavy atom. The van der Waals surface area contributed by atoms with E-state index in [4.69, 9.17) is 5.11 Å². The van der Waals surface area contributed by atoms with Crippen LogP contribution in [0.4, 0.5) is 0 Å². The molecular weight excluding hydrogens is 216 g/mol. The SMILES string of the molecule is C[C@@H](C(=O)O)N1CCC(N2CCCCC2)CC1. The lowest BCUT2D eigenvalue weighted by Gasteiger charge is -2.41. The van der Waals surface area contributed by atoms with Gasteiger partial charge < -0.3 is 10.0 Å². The van der Waals surface area contributed by atoms with E-state index in [-0.39, 0.29) is 6.04 Å². The van der Waals surface area contributed by atoms with Gasteiger partial charge in [0.05, 0.1) is 0 Å². The molecule has 0 saturated carbocycles. The van der Waals surface area contributed by atoms with Crippen molar-refractivity contribution in [3.8, 4) is 0 Å². The standard InChI is InChI=1S/C13H24N2O2/c1-11(13(16)17)14-9-5-12(6-10-14)15-7-3-2-4-8-15/h11-12H,2-10H2,1H3,(H,16,17)/t11-/m0/s1. The molecule has 0 spiro atoms. The maximum absolute atomic E-state index is 10.9. The van der Waals surface area contributed by atoms with Gasteiger partial charge in [-0.1, -0.05) is 6.42 Å². The average molecular weight is 240 g/mol. The first kappa shape index (κ1) is 12.8. The van der Waals surface area contributed by atoms with E-state index >= 15 is 0 Å². The highest BCUT2D eigenvalue weighted by Gasteiger charge is 2.29. The van der Waals surface area contributed by atoms with Crippen molar-refractivity contribution in [2.24, 2.45) is 0 Å². The number of nitrogens with zero attached hydrogens (tertiary/aromatic N) is 2. The number of rotatable bonds is 3. The van der Waals surface area contributed by atoms with E-state index in [0.717, 1.165) is 25.9 Å². The van der Waals surface area contributed by atoms with Crippen LogP contribution in [0.3, 0.4) is 0 Å². The Morgan fingerprint density at radius 3 is 2.24 bits per heavy atom. The molecule has 17 heavy (non-hydrogen) atoms. The van der Waals surface area contributed by atoms with E-state index in [2.05, 4.69) is 9.80 Å². The Hall–Kier alpha value is -0.610. The summed E-state index contributed by atoms with van der Waals surface area (Å²) in [5.41, 5.74) is 0. The van der Waals surface area contributed by atoms with Gasteiger partial charge in [0.25, 0.3) is 0 Å². The maximum Gasteiger partial charge on any atom is 0.320 e. The molecule has 0 aliphatic carbocycles. The van der Waals surface area contributed by atoms with Crippen molar-refractivity contribution in [2.45, 2.75) is 51.1 Å². The van der Waals surface area contributed by atoms with E-state index in [9.17, 15) is 4.79 Å². The molecule has 2 heterocycles. The van der Waals surface area contributed by atoms with Crippen LogP contribution in [0, 0.1) is 0 Å². The van der Waals surface area contributed by atoms with Crippen LogP contribution in [-0.2, 0) is 4.79 Å². The van der Waals surface area contributed by atoms with Crippen LogP contribution in [0.5, 0.6) is 0 Å². The van der Waals surface area contributed by atoms with Gasteiger partial charge in [-0.2, -0.15) is 0 Å². The largest absolute Gasteiger partial charge is 0.480 e. The molecule has 0 aromatic rings. The molecule has 0 radical (unpaired) electrons. The zero-order valence-corrected chi connectivity index (χ0v) is 10.8. The van der Waals surface area contributed by atoms with Gasteiger partial charge >= 0.3 is 5.97 Å². The normalized spacial score (nSPS) is 26.9. The fraction of sp³-hybridized carbons (Fsp3) is 0.923. The Kier molecular flexibility index (Phi) is 4.40. The van der Waals surface area contributed by atoms with E-state index in [0.29, 0.717) is 6.04 Å². The van der Waals surface area contributed by atoms with E-state index in [1.165, 1.54) is 32.4 Å². The van der Waals surface area contributed by atoms with Crippen LogP contribution in [0.1, 0.15) is 39.0 Å². The lowest BCUT2D eigenvalue weighted by molar-refractivity contribution is -0.143. The smallest absolute Gasteiger partial charge is 0.320 e. The number of carboxylic acid groups (broad SMARTS) is 1. The Bertz CT molecular complexity index is 256. The first-order chi connectivity index (χ1) is 8.18. The third-order valence-electron chi connectivity index (χ3n) is 4.31. The molecular formula is C13H24N2O2. The molecule has 0 aromatic carbocycles. The zero-order chi connectivity index (χ0) is 12.3. The highest BCUT2D eigenvalue weighted by Crippen LogP contribution is 2.21. The molecule has 4 nitrogen and oxygen atoms in total. The second-order valence-corrected chi connectivity index (χ2v) is 5.38. The van der Waals surface area contributed by atoms with Gasteiger partial charge in [0.1, 0.15) is 6.04 Å². The summed E-state index contributed by atoms with van der Waals surface area (Å²) in [7, 11) is 0. The number of piperidine rings is 2. The third-order valence-corrected chi connectivity index (χ3v) is 4.31. The molecule has 98 valence electrons. The minimum absolute atomic E-state index is 0.322. The van der Waals surface area contributed by atoms with Gasteiger partial charge in [-0.15, -0.1) is 0 Å². The number of carboxylic acids is 1. The molecule has 0 bridgehead atoms. The Morgan fingerprint density at radius 1 is 1.12 bits per heavy atom. The van der Waals surface area contributed by atoms with E-state index < -0.39 is 5.97 Å². The second-order valence-electron chi connectivity index (χ2n) is 5.38. The highest BCUT2D eigenvalue weighted by molar-refractivity contribution is 5.72. The summed E-state index contributed by atoms with van der Waals surface area (Å²) >= 11 is 0. The molecule has 2 aliphatic heterocycles. The van der Waals surface area contributed by atoms with Crippen LogP contribution in [0.25, 0.3) is 0 Å². The summed E-state index contributed by atoms with van der Waals surface area (Å²) < 4.78 is 0. The predicted molar refractivity (Wildman–Crippen MR) is 67.1 cm³/mol. The molecule has 0 aromatic heterocycles. The van der Waals surface area contributed by atoms with Crippen molar-refractivity contribution < 1.29 is 9.90 Å². The Labute approximate surface area is 104 Å². The number of likely N-dealkylation sites (tertiary alicyclic amines) is 2. The molecule has 1 atom stereocenters. The zero-order valence-electron chi connectivity index (χ0n) is 10.8. The fourth-order valence-corrected chi connectivity index (χ4v) is 3.08. The summed E-state index contributed by atoms with van der Waals surface area (Å²) in [6.07, 6.45) is 6.33. The monoisotopic (exact) mass is 240 g/mol. The molecule has 0 amide bonds. The van der Waals surface area contributed by atoms with Crippen molar-refractivity contribution in [3.05, 3.63) is 0 Å².